The Morgan fingerprint density at radius 3 is 2.54 bits per heavy atom. The van der Waals surface area contributed by atoms with Crippen LogP contribution in [0.25, 0.3) is 6.08 Å². The van der Waals surface area contributed by atoms with E-state index in [-0.39, 0.29) is 5.78 Å². The zero-order valence-electron chi connectivity index (χ0n) is 14.7. The van der Waals surface area contributed by atoms with E-state index in [1.165, 1.54) is 5.56 Å². The molecule has 0 unspecified atom stereocenters. The molecule has 0 N–H and O–H groups in total. The number of benzene rings is 2. The molecule has 0 radical (unpaired) electrons. The number of fused-ring (bicyclic) bond motifs is 1. The normalized spacial score (nSPS) is 14.5. The van der Waals surface area contributed by atoms with Crippen LogP contribution in [-0.2, 0) is 13.0 Å². The van der Waals surface area contributed by atoms with E-state index in [1.807, 2.05) is 54.6 Å². The molecular weight excluding hydrogens is 322 g/mol. The van der Waals surface area contributed by atoms with Crippen LogP contribution in [0, 0.1) is 0 Å². The molecule has 4 rings (SSSR count). The molecular formula is C23H20NO2+. The van der Waals surface area contributed by atoms with Gasteiger partial charge in [0.25, 0.3) is 0 Å². The SMILES string of the molecule is COc1ccc2c(c1)C(=O)C(=Cc1cc[n+](Cc3ccccc3)cc1)C2. The number of carbonyl (C=O) groups is 1. The van der Waals surface area contributed by atoms with E-state index < -0.39 is 0 Å². The van der Waals surface area contributed by atoms with Crippen molar-refractivity contribution in [2.45, 2.75) is 13.0 Å². The van der Waals surface area contributed by atoms with Gasteiger partial charge in [-0.1, -0.05) is 36.4 Å². The molecule has 2 aromatic carbocycles. The summed E-state index contributed by atoms with van der Waals surface area (Å²) in [5.74, 6) is 0.819. The van der Waals surface area contributed by atoms with E-state index in [1.54, 1.807) is 7.11 Å². The molecule has 128 valence electrons. The molecule has 0 spiro atoms. The minimum absolute atomic E-state index is 0.0971. The third kappa shape index (κ3) is 3.29. The highest BCUT2D eigenvalue weighted by atomic mass is 16.5. The summed E-state index contributed by atoms with van der Waals surface area (Å²) < 4.78 is 7.36. The average Bonchev–Trinajstić information content (AvgIpc) is 2.99. The fraction of sp³-hybridized carbons (Fsp3) is 0.130. The maximum absolute atomic E-state index is 12.6. The molecule has 0 aliphatic heterocycles. The summed E-state index contributed by atoms with van der Waals surface area (Å²) >= 11 is 0. The Hall–Kier alpha value is -3.20. The van der Waals surface area contributed by atoms with Crippen LogP contribution >= 0.6 is 0 Å². The number of ketones is 1. The van der Waals surface area contributed by atoms with Gasteiger partial charge in [-0.25, -0.2) is 4.57 Å². The summed E-state index contributed by atoms with van der Waals surface area (Å²) in [6.45, 7) is 0.835. The largest absolute Gasteiger partial charge is 0.497 e. The smallest absolute Gasteiger partial charge is 0.189 e. The number of aromatic nitrogens is 1. The van der Waals surface area contributed by atoms with Crippen molar-refractivity contribution in [3.8, 4) is 5.75 Å². The van der Waals surface area contributed by atoms with Crippen LogP contribution < -0.4 is 9.30 Å². The van der Waals surface area contributed by atoms with Crippen LogP contribution in [0.5, 0.6) is 5.75 Å². The van der Waals surface area contributed by atoms with Crippen molar-refractivity contribution < 1.29 is 14.1 Å². The number of methoxy groups -OCH3 is 1. The lowest BCUT2D eigenvalue weighted by Crippen LogP contribution is -2.33. The highest BCUT2D eigenvalue weighted by Gasteiger charge is 2.25. The van der Waals surface area contributed by atoms with Gasteiger partial charge in [0.1, 0.15) is 5.75 Å². The summed E-state index contributed by atoms with van der Waals surface area (Å²) in [5.41, 5.74) is 4.95. The Morgan fingerprint density at radius 2 is 1.81 bits per heavy atom. The minimum atomic E-state index is 0.0971. The second-order valence-electron chi connectivity index (χ2n) is 6.49. The van der Waals surface area contributed by atoms with Crippen molar-refractivity contribution in [1.29, 1.82) is 0 Å². The number of hydrogen-bond donors (Lipinski definition) is 0. The fourth-order valence-corrected chi connectivity index (χ4v) is 3.29. The Kier molecular flexibility index (Phi) is 4.36. The average molecular weight is 342 g/mol. The van der Waals surface area contributed by atoms with Gasteiger partial charge in [0.2, 0.25) is 0 Å². The van der Waals surface area contributed by atoms with Gasteiger partial charge in [-0.05, 0) is 29.3 Å². The Labute approximate surface area is 153 Å². The molecule has 0 atom stereocenters. The van der Waals surface area contributed by atoms with Crippen LogP contribution in [0.15, 0.2) is 78.6 Å². The number of nitrogens with zero attached hydrogens (tertiary/aromatic N) is 1. The summed E-state index contributed by atoms with van der Waals surface area (Å²) in [4.78, 5) is 12.6. The highest BCUT2D eigenvalue weighted by molar-refractivity contribution is 6.15. The second-order valence-corrected chi connectivity index (χ2v) is 6.49. The van der Waals surface area contributed by atoms with Gasteiger partial charge in [-0.2, -0.15) is 0 Å². The number of allylic oxidation sites excluding steroid dienone is 1. The number of rotatable bonds is 4. The van der Waals surface area contributed by atoms with Crippen molar-refractivity contribution in [2.75, 3.05) is 7.11 Å². The number of carbonyl (C=O) groups excluding carboxylic acids is 1. The van der Waals surface area contributed by atoms with Crippen molar-refractivity contribution in [2.24, 2.45) is 0 Å². The molecule has 0 saturated carbocycles. The predicted octanol–water partition coefficient (Wildman–Crippen LogP) is 3.85. The van der Waals surface area contributed by atoms with E-state index in [2.05, 4.69) is 29.1 Å². The molecule has 1 aliphatic rings. The lowest BCUT2D eigenvalue weighted by atomic mass is 10.1. The van der Waals surface area contributed by atoms with Gasteiger partial charge >= 0.3 is 0 Å². The van der Waals surface area contributed by atoms with E-state index in [4.69, 9.17) is 4.74 Å². The molecule has 26 heavy (non-hydrogen) atoms. The van der Waals surface area contributed by atoms with E-state index in [0.717, 1.165) is 34.6 Å². The van der Waals surface area contributed by atoms with Crippen molar-refractivity contribution in [1.82, 2.24) is 0 Å². The molecule has 0 saturated heterocycles. The zero-order valence-corrected chi connectivity index (χ0v) is 14.7. The molecule has 3 aromatic rings. The van der Waals surface area contributed by atoms with Crippen molar-refractivity contribution in [3.63, 3.8) is 0 Å². The van der Waals surface area contributed by atoms with Gasteiger partial charge in [0, 0.05) is 35.3 Å². The molecule has 0 amide bonds. The number of hydrogen-bond acceptors (Lipinski definition) is 2. The second kappa shape index (κ2) is 6.96. The maximum atomic E-state index is 12.6. The van der Waals surface area contributed by atoms with Gasteiger partial charge in [-0.15, -0.1) is 0 Å². The van der Waals surface area contributed by atoms with Gasteiger partial charge in [0.15, 0.2) is 24.7 Å². The minimum Gasteiger partial charge on any atom is -0.497 e. The van der Waals surface area contributed by atoms with Crippen LogP contribution in [0.2, 0.25) is 0 Å². The fourth-order valence-electron chi connectivity index (χ4n) is 3.29. The zero-order chi connectivity index (χ0) is 17.9. The van der Waals surface area contributed by atoms with Gasteiger partial charge in [-0.3, -0.25) is 4.79 Å². The Balaban J connectivity index is 1.53. The van der Waals surface area contributed by atoms with Crippen LogP contribution in [0.4, 0.5) is 0 Å². The number of ether oxygens (including phenoxy) is 1. The first-order valence-corrected chi connectivity index (χ1v) is 8.68. The molecule has 0 bridgehead atoms. The summed E-state index contributed by atoms with van der Waals surface area (Å²) in [5, 5.41) is 0. The van der Waals surface area contributed by atoms with Gasteiger partial charge < -0.3 is 4.74 Å². The van der Waals surface area contributed by atoms with Gasteiger partial charge in [0.05, 0.1) is 7.11 Å². The summed E-state index contributed by atoms with van der Waals surface area (Å²) in [7, 11) is 1.62. The predicted molar refractivity (Wildman–Crippen MR) is 101 cm³/mol. The lowest BCUT2D eigenvalue weighted by Gasteiger charge is -2.01. The first-order valence-electron chi connectivity index (χ1n) is 8.68. The Morgan fingerprint density at radius 1 is 1.04 bits per heavy atom. The molecule has 3 nitrogen and oxygen atoms in total. The highest BCUT2D eigenvalue weighted by Crippen LogP contribution is 2.30. The number of Topliss-reactive ketones (excluding diaryl/α,β-unsaturated/α-hetero) is 1. The standard InChI is InChI=1S/C23H20NO2/c1-26-21-8-7-19-14-20(23(25)22(19)15-21)13-17-9-11-24(12-10-17)16-18-5-3-2-4-6-18/h2-13,15H,14,16H2,1H3/q+1. The molecule has 1 aromatic heterocycles. The summed E-state index contributed by atoms with van der Waals surface area (Å²) in [6, 6.07) is 20.2. The van der Waals surface area contributed by atoms with Crippen LogP contribution in [0.3, 0.4) is 0 Å². The first kappa shape index (κ1) is 16.3. The maximum Gasteiger partial charge on any atom is 0.189 e. The monoisotopic (exact) mass is 342 g/mol. The van der Waals surface area contributed by atoms with Crippen molar-refractivity contribution in [3.05, 3.63) is 101 Å². The first-order chi connectivity index (χ1) is 12.7. The number of pyridine rings is 1. The topological polar surface area (TPSA) is 30.2 Å². The van der Waals surface area contributed by atoms with E-state index in [9.17, 15) is 4.79 Å². The van der Waals surface area contributed by atoms with E-state index >= 15 is 0 Å². The lowest BCUT2D eigenvalue weighted by molar-refractivity contribution is -0.688. The molecule has 3 heteroatoms. The quantitative estimate of drug-likeness (QED) is 0.532. The molecule has 1 heterocycles. The Bertz CT molecular complexity index is 973. The molecule has 0 fully saturated rings. The van der Waals surface area contributed by atoms with E-state index in [0.29, 0.717) is 6.42 Å². The van der Waals surface area contributed by atoms with Crippen LogP contribution in [0.1, 0.15) is 27.0 Å². The molecule has 1 aliphatic carbocycles. The third-order valence-electron chi connectivity index (χ3n) is 4.70. The van der Waals surface area contributed by atoms with Crippen molar-refractivity contribution >= 4 is 11.9 Å². The third-order valence-corrected chi connectivity index (χ3v) is 4.70. The van der Waals surface area contributed by atoms with Crippen LogP contribution in [-0.4, -0.2) is 12.9 Å². The summed E-state index contributed by atoms with van der Waals surface area (Å²) in [6.07, 6.45) is 6.77.